The number of H-pyrrole nitrogens is 1. The number of aromatic nitrogens is 4. The van der Waals surface area contributed by atoms with Gasteiger partial charge in [-0.3, -0.25) is 5.10 Å². The molecule has 1 aliphatic heterocycles. The predicted octanol–water partition coefficient (Wildman–Crippen LogP) is 5.62. The number of benzene rings is 2. The number of hydrogen-bond donors (Lipinski definition) is 2. The number of rotatable bonds is 5. The summed E-state index contributed by atoms with van der Waals surface area (Å²) in [6, 6.07) is 17.5. The number of anilines is 1. The Hall–Kier alpha value is -4.14. The minimum absolute atomic E-state index is 0.0359. The second-order valence-electron chi connectivity index (χ2n) is 9.87. The molecule has 0 bridgehead atoms. The van der Waals surface area contributed by atoms with Crippen molar-refractivity contribution in [3.05, 3.63) is 60.9 Å². The van der Waals surface area contributed by atoms with Crippen LogP contribution in [-0.2, 0) is 4.74 Å². The highest BCUT2D eigenvalue weighted by Gasteiger charge is 2.28. The van der Waals surface area contributed by atoms with Crippen molar-refractivity contribution >= 4 is 22.9 Å². The summed E-state index contributed by atoms with van der Waals surface area (Å²) in [5.41, 5.74) is 1.81. The van der Waals surface area contributed by atoms with Gasteiger partial charge < -0.3 is 19.7 Å². The molecule has 9 nitrogen and oxygen atoms in total. The van der Waals surface area contributed by atoms with E-state index < -0.39 is 5.60 Å². The van der Waals surface area contributed by atoms with Crippen LogP contribution < -0.4 is 10.1 Å². The smallest absolute Gasteiger partial charge is 0.410 e. The van der Waals surface area contributed by atoms with E-state index in [-0.39, 0.29) is 12.1 Å². The lowest BCUT2D eigenvalue weighted by Gasteiger charge is -2.34. The van der Waals surface area contributed by atoms with Crippen molar-refractivity contribution in [1.29, 1.82) is 0 Å². The molecule has 0 radical (unpaired) electrons. The first-order chi connectivity index (χ1) is 17.4. The van der Waals surface area contributed by atoms with E-state index in [2.05, 4.69) is 25.5 Å². The molecule has 1 saturated heterocycles. The zero-order valence-corrected chi connectivity index (χ0v) is 20.7. The van der Waals surface area contributed by atoms with Crippen molar-refractivity contribution in [2.24, 2.45) is 0 Å². The summed E-state index contributed by atoms with van der Waals surface area (Å²) in [5.74, 6) is 2.21. The van der Waals surface area contributed by atoms with E-state index in [1.54, 1.807) is 4.90 Å². The molecule has 1 amide bonds. The van der Waals surface area contributed by atoms with E-state index in [0.717, 1.165) is 41.0 Å². The zero-order chi connectivity index (χ0) is 25.1. The fourth-order valence-electron chi connectivity index (χ4n) is 4.27. The molecule has 0 spiro atoms. The average Bonchev–Trinajstić information content (AvgIpc) is 3.30. The number of nitrogens with zero attached hydrogens (tertiary/aromatic N) is 4. The SMILES string of the molecule is CC(C)(C)OC(=O)N1CCCC(Nc2ncnc3n[nH]c(-c4ccc(Oc5ccccc5)cc4)c23)C1. The van der Waals surface area contributed by atoms with Crippen molar-refractivity contribution in [3.8, 4) is 22.8 Å². The highest BCUT2D eigenvalue weighted by Crippen LogP contribution is 2.32. The number of nitrogens with one attached hydrogen (secondary N) is 2. The van der Waals surface area contributed by atoms with Crippen LogP contribution in [0.3, 0.4) is 0 Å². The number of aromatic amines is 1. The van der Waals surface area contributed by atoms with Crippen LogP contribution in [0.1, 0.15) is 33.6 Å². The van der Waals surface area contributed by atoms with Crippen LogP contribution in [0, 0.1) is 0 Å². The zero-order valence-electron chi connectivity index (χ0n) is 20.7. The molecule has 0 aliphatic carbocycles. The van der Waals surface area contributed by atoms with Crippen molar-refractivity contribution in [3.63, 3.8) is 0 Å². The van der Waals surface area contributed by atoms with Crippen molar-refractivity contribution in [2.45, 2.75) is 45.3 Å². The first-order valence-corrected chi connectivity index (χ1v) is 12.1. The number of hydrogen-bond acceptors (Lipinski definition) is 7. The van der Waals surface area contributed by atoms with Gasteiger partial charge in [0.15, 0.2) is 5.65 Å². The molecular formula is C27H30N6O3. The van der Waals surface area contributed by atoms with E-state index in [1.807, 2.05) is 75.4 Å². The van der Waals surface area contributed by atoms with E-state index in [0.29, 0.717) is 24.6 Å². The molecule has 4 aromatic rings. The largest absolute Gasteiger partial charge is 0.457 e. The number of carbonyl (C=O) groups excluding carboxylic acids is 1. The topological polar surface area (TPSA) is 105 Å². The van der Waals surface area contributed by atoms with Crippen molar-refractivity contribution in [2.75, 3.05) is 18.4 Å². The van der Waals surface area contributed by atoms with Crippen molar-refractivity contribution in [1.82, 2.24) is 25.1 Å². The molecule has 1 aliphatic rings. The molecule has 9 heteroatoms. The standard InChI is InChI=1S/C27H30N6O3/c1-27(2,3)36-26(34)33-15-7-8-19(16-33)30-24-22-23(31-32-25(22)29-17-28-24)18-11-13-21(14-12-18)35-20-9-5-4-6-10-20/h4-6,9-14,17,19H,7-8,15-16H2,1-3H3,(H2,28,29,30,31,32). The van der Waals surface area contributed by atoms with Gasteiger partial charge in [-0.2, -0.15) is 5.10 Å². The lowest BCUT2D eigenvalue weighted by Crippen LogP contribution is -2.47. The van der Waals surface area contributed by atoms with Crippen LogP contribution in [-0.4, -0.2) is 55.9 Å². The van der Waals surface area contributed by atoms with Gasteiger partial charge in [-0.1, -0.05) is 18.2 Å². The number of amides is 1. The van der Waals surface area contributed by atoms with Crippen LogP contribution in [0.4, 0.5) is 10.6 Å². The van der Waals surface area contributed by atoms with Crippen LogP contribution in [0.25, 0.3) is 22.3 Å². The quantitative estimate of drug-likeness (QED) is 0.377. The van der Waals surface area contributed by atoms with Crippen LogP contribution in [0.15, 0.2) is 60.9 Å². The summed E-state index contributed by atoms with van der Waals surface area (Å²) in [6.45, 7) is 6.86. The number of fused-ring (bicyclic) bond motifs is 1. The number of likely N-dealkylation sites (tertiary alicyclic amines) is 1. The molecule has 2 N–H and O–H groups in total. The Morgan fingerprint density at radius 2 is 1.81 bits per heavy atom. The highest BCUT2D eigenvalue weighted by molar-refractivity contribution is 5.98. The molecule has 1 fully saturated rings. The van der Waals surface area contributed by atoms with E-state index in [4.69, 9.17) is 9.47 Å². The minimum Gasteiger partial charge on any atom is -0.457 e. The Morgan fingerprint density at radius 3 is 2.56 bits per heavy atom. The summed E-state index contributed by atoms with van der Waals surface area (Å²) < 4.78 is 11.5. The predicted molar refractivity (Wildman–Crippen MR) is 138 cm³/mol. The number of piperidine rings is 1. The van der Waals surface area contributed by atoms with E-state index in [1.165, 1.54) is 6.33 Å². The van der Waals surface area contributed by atoms with E-state index >= 15 is 0 Å². The number of ether oxygens (including phenoxy) is 2. The Kier molecular flexibility index (Phi) is 6.45. The second-order valence-corrected chi connectivity index (χ2v) is 9.87. The van der Waals surface area contributed by atoms with Crippen molar-refractivity contribution < 1.29 is 14.3 Å². The van der Waals surface area contributed by atoms with E-state index in [9.17, 15) is 4.79 Å². The maximum absolute atomic E-state index is 12.6. The number of carbonyl (C=O) groups is 1. The normalized spacial score (nSPS) is 16.1. The van der Waals surface area contributed by atoms with Gasteiger partial charge in [0.1, 0.15) is 29.2 Å². The summed E-state index contributed by atoms with van der Waals surface area (Å²) >= 11 is 0. The first-order valence-electron chi connectivity index (χ1n) is 12.1. The first kappa shape index (κ1) is 23.6. The maximum atomic E-state index is 12.6. The molecule has 2 aromatic heterocycles. The molecule has 5 rings (SSSR count). The van der Waals surface area contributed by atoms with Crippen LogP contribution >= 0.6 is 0 Å². The third kappa shape index (κ3) is 5.40. The Balaban J connectivity index is 1.35. The maximum Gasteiger partial charge on any atom is 0.410 e. The summed E-state index contributed by atoms with van der Waals surface area (Å²) in [7, 11) is 0. The Labute approximate surface area is 209 Å². The Morgan fingerprint density at radius 1 is 1.06 bits per heavy atom. The van der Waals surface area contributed by atoms with Gasteiger partial charge in [0.25, 0.3) is 0 Å². The lowest BCUT2D eigenvalue weighted by atomic mass is 10.1. The van der Waals surface area contributed by atoms with Gasteiger partial charge in [0, 0.05) is 24.7 Å². The molecule has 2 aromatic carbocycles. The average molecular weight is 487 g/mol. The second kappa shape index (κ2) is 9.85. The third-order valence-electron chi connectivity index (χ3n) is 5.89. The van der Waals surface area contributed by atoms with Gasteiger partial charge in [-0.15, -0.1) is 0 Å². The minimum atomic E-state index is -0.524. The van der Waals surface area contributed by atoms with Gasteiger partial charge in [-0.25, -0.2) is 14.8 Å². The summed E-state index contributed by atoms with van der Waals surface area (Å²) in [4.78, 5) is 23.2. The molecule has 1 unspecified atom stereocenters. The van der Waals surface area contributed by atoms with Gasteiger partial charge >= 0.3 is 6.09 Å². The lowest BCUT2D eigenvalue weighted by molar-refractivity contribution is 0.0206. The molecule has 186 valence electrons. The molecule has 36 heavy (non-hydrogen) atoms. The van der Waals surface area contributed by atoms with Gasteiger partial charge in [0.05, 0.1) is 11.1 Å². The van der Waals surface area contributed by atoms with Crippen LogP contribution in [0.2, 0.25) is 0 Å². The summed E-state index contributed by atoms with van der Waals surface area (Å²) in [5, 5.41) is 11.8. The van der Waals surface area contributed by atoms with Gasteiger partial charge in [-0.05, 0) is 70.0 Å². The molecule has 3 heterocycles. The fraction of sp³-hybridized carbons (Fsp3) is 0.333. The fourth-order valence-corrected chi connectivity index (χ4v) is 4.27. The van der Waals surface area contributed by atoms with Crippen LogP contribution in [0.5, 0.6) is 11.5 Å². The molecular weight excluding hydrogens is 456 g/mol. The third-order valence-corrected chi connectivity index (χ3v) is 5.89. The highest BCUT2D eigenvalue weighted by atomic mass is 16.6. The monoisotopic (exact) mass is 486 g/mol. The Bertz CT molecular complexity index is 1330. The summed E-state index contributed by atoms with van der Waals surface area (Å²) in [6.07, 6.45) is 3.01. The molecule has 1 atom stereocenters. The molecule has 0 saturated carbocycles. The number of para-hydroxylation sites is 1. The van der Waals surface area contributed by atoms with Gasteiger partial charge in [0.2, 0.25) is 0 Å².